The van der Waals surface area contributed by atoms with Gasteiger partial charge in [-0.25, -0.2) is 4.21 Å². The van der Waals surface area contributed by atoms with Gasteiger partial charge in [0.05, 0.1) is 0 Å². The number of halogens is 3. The molecule has 98 valence electrons. The number of aromatic nitrogens is 2. The van der Waals surface area contributed by atoms with Crippen LogP contribution in [0.1, 0.15) is 5.01 Å². The Kier molecular flexibility index (Phi) is 6.24. The van der Waals surface area contributed by atoms with E-state index in [0.717, 1.165) is 0 Å². The summed E-state index contributed by atoms with van der Waals surface area (Å²) in [4.78, 5) is 0. The molecule has 0 bridgehead atoms. The molecule has 0 saturated heterocycles. The molecular formula is C4H4F3LiN3O4S3+. The molecule has 0 aliphatic heterocycles. The second-order valence-electron chi connectivity index (χ2n) is 2.48. The summed E-state index contributed by atoms with van der Waals surface area (Å²) in [7, 11) is -10.1. The van der Waals surface area contributed by atoms with Crippen LogP contribution in [0.15, 0.2) is 8.11 Å². The van der Waals surface area contributed by atoms with E-state index in [-0.39, 0.29) is 23.9 Å². The maximum absolute atomic E-state index is 12.1. The molecule has 1 heterocycles. The van der Waals surface area contributed by atoms with E-state index >= 15 is 0 Å². The van der Waals surface area contributed by atoms with Crippen LogP contribution in [0.4, 0.5) is 13.3 Å². The maximum atomic E-state index is 12.1. The third-order valence-corrected chi connectivity index (χ3v) is 5.53. The fourth-order valence-electron chi connectivity index (χ4n) is 0.623. The van der Waals surface area contributed by atoms with Crippen LogP contribution in [0.5, 0.6) is 0 Å². The van der Waals surface area contributed by atoms with E-state index in [1.54, 1.807) is 0 Å². The Bertz CT molecular complexity index is 623. The first-order chi connectivity index (χ1) is 7.71. The average molecular weight is 318 g/mol. The Labute approximate surface area is 116 Å². The minimum atomic E-state index is -5.26. The molecule has 1 aromatic rings. The van der Waals surface area contributed by atoms with Gasteiger partial charge in [0.25, 0.3) is 14.3 Å². The van der Waals surface area contributed by atoms with Gasteiger partial charge < -0.3 is 0 Å². The van der Waals surface area contributed by atoms with Crippen LogP contribution in [0.2, 0.25) is 0 Å². The van der Waals surface area contributed by atoms with E-state index in [9.17, 15) is 25.9 Å². The minimum absolute atomic E-state index is 0. The van der Waals surface area contributed by atoms with Gasteiger partial charge in [0, 0.05) is 0 Å². The number of aryl methyl sites for hydroxylation is 1. The molecule has 14 heteroatoms. The van der Waals surface area contributed by atoms with E-state index in [1.807, 2.05) is 0 Å². The van der Waals surface area contributed by atoms with Crippen LogP contribution >= 0.6 is 11.3 Å². The van der Waals surface area contributed by atoms with Crippen molar-refractivity contribution in [1.29, 1.82) is 0 Å². The van der Waals surface area contributed by atoms with Gasteiger partial charge in [0.2, 0.25) is 0 Å². The van der Waals surface area contributed by atoms with Crippen LogP contribution in [-0.4, -0.2) is 28.6 Å². The Morgan fingerprint density at radius 3 is 2.22 bits per heavy atom. The predicted molar refractivity (Wildman–Crippen MR) is 50.6 cm³/mol. The summed E-state index contributed by atoms with van der Waals surface area (Å²) >= 11 is 0.505. The van der Waals surface area contributed by atoms with E-state index in [0.29, 0.717) is 11.3 Å². The Morgan fingerprint density at radius 2 is 1.89 bits per heavy atom. The third-order valence-electron chi connectivity index (χ3n) is 1.25. The smallest absolute Gasteiger partial charge is 0.211 e. The summed E-state index contributed by atoms with van der Waals surface area (Å²) in [5.74, 6) is -3.92. The summed E-state index contributed by atoms with van der Waals surface area (Å²) in [5.41, 5.74) is 0. The minimum Gasteiger partial charge on any atom is -0.211 e. The van der Waals surface area contributed by atoms with Gasteiger partial charge in [-0.1, -0.05) is 19.5 Å². The Balaban J connectivity index is 0.00000289. The normalized spacial score (nSPS) is 14.9. The van der Waals surface area contributed by atoms with Crippen molar-refractivity contribution in [3.05, 3.63) is 5.01 Å². The van der Waals surface area contributed by atoms with E-state index in [1.165, 1.54) is 6.92 Å². The number of hydrogen-bond donors (Lipinski definition) is 0. The van der Waals surface area contributed by atoms with Gasteiger partial charge in [-0.3, -0.25) is 0 Å². The molecule has 0 aliphatic rings. The predicted octanol–water partition coefficient (Wildman–Crippen LogP) is -1.95. The number of nitrogens with zero attached hydrogens (tertiary/aromatic N) is 3. The van der Waals surface area contributed by atoms with Crippen LogP contribution < -0.4 is 18.9 Å². The molecule has 1 atom stereocenters. The fourth-order valence-corrected chi connectivity index (χ4v) is 4.00. The second-order valence-corrected chi connectivity index (χ2v) is 7.36. The van der Waals surface area contributed by atoms with Crippen molar-refractivity contribution >= 4 is 31.4 Å². The number of alkyl halides is 2. The maximum Gasteiger partial charge on any atom is 1.00 e. The first kappa shape index (κ1) is 17.8. The molecule has 0 aliphatic carbocycles. The number of sulfonamides is 1. The topological polar surface area (TPSA) is 98.6 Å². The largest absolute Gasteiger partial charge is 1.00 e. The van der Waals surface area contributed by atoms with E-state index in [4.69, 9.17) is 0 Å². The standard InChI is InChI=1S/C4H4F3N3O4S3.Li/c1-2-8-9-4(15-2)16(11,12)10-17(13,14-7)3(5)6;/h3H,1H3;/q;+1. The molecule has 0 amide bonds. The van der Waals surface area contributed by atoms with Crippen LogP contribution in [-0.2, 0) is 24.4 Å². The van der Waals surface area contributed by atoms with Crippen molar-refractivity contribution in [2.45, 2.75) is 17.0 Å². The molecule has 18 heavy (non-hydrogen) atoms. The van der Waals surface area contributed by atoms with Crippen LogP contribution in [0.3, 0.4) is 0 Å². The van der Waals surface area contributed by atoms with Gasteiger partial charge >= 0.3 is 34.6 Å². The zero-order valence-corrected chi connectivity index (χ0v) is 11.4. The summed E-state index contributed by atoms with van der Waals surface area (Å²) in [6.45, 7) is 1.40. The molecule has 0 aromatic carbocycles. The third kappa shape index (κ3) is 3.90. The molecule has 1 rings (SSSR count). The van der Waals surface area contributed by atoms with E-state index < -0.39 is 30.1 Å². The summed E-state index contributed by atoms with van der Waals surface area (Å²) in [5, 5.41) is 6.61. The summed E-state index contributed by atoms with van der Waals surface area (Å²) in [6.07, 6.45) is 0. The van der Waals surface area contributed by atoms with Crippen molar-refractivity contribution in [2.75, 3.05) is 0 Å². The van der Waals surface area contributed by atoms with Gasteiger partial charge in [-0.05, 0) is 11.4 Å². The molecule has 0 saturated carbocycles. The van der Waals surface area contributed by atoms with Gasteiger partial charge in [-0.2, -0.15) is 17.2 Å². The van der Waals surface area contributed by atoms with E-state index in [2.05, 4.69) is 18.4 Å². The van der Waals surface area contributed by atoms with Crippen LogP contribution in [0.25, 0.3) is 0 Å². The van der Waals surface area contributed by atoms with Crippen LogP contribution in [0, 0.1) is 6.92 Å². The van der Waals surface area contributed by atoms with Crippen molar-refractivity contribution in [1.82, 2.24) is 10.2 Å². The SMILES string of the molecule is Cc1nnc(S(=O)(=O)N=S(=O)(OF)C(F)F)s1.[Li+]. The zero-order chi connectivity index (χ0) is 13.3. The van der Waals surface area contributed by atoms with Gasteiger partial charge in [0.15, 0.2) is 0 Å². The quantitative estimate of drug-likeness (QED) is 0.598. The first-order valence-electron chi connectivity index (χ1n) is 3.62. The number of hydrogen-bond acceptors (Lipinski definition) is 7. The Hall–Kier alpha value is -0.193. The monoisotopic (exact) mass is 318 g/mol. The molecule has 7 nitrogen and oxygen atoms in total. The summed E-state index contributed by atoms with van der Waals surface area (Å²) in [6, 6.07) is 0. The Morgan fingerprint density at radius 1 is 1.33 bits per heavy atom. The zero-order valence-electron chi connectivity index (χ0n) is 8.91. The van der Waals surface area contributed by atoms with Gasteiger partial charge in [0.1, 0.15) is 5.01 Å². The van der Waals surface area contributed by atoms with Crippen molar-refractivity contribution in [2.24, 2.45) is 3.77 Å². The number of rotatable bonds is 4. The molecular weight excluding hydrogens is 314 g/mol. The molecule has 0 fully saturated rings. The van der Waals surface area contributed by atoms with Gasteiger partial charge in [-0.15, -0.1) is 10.2 Å². The molecule has 0 radical (unpaired) electrons. The second kappa shape index (κ2) is 6.31. The molecule has 1 unspecified atom stereocenters. The van der Waals surface area contributed by atoms with Crippen molar-refractivity contribution < 1.29 is 49.2 Å². The molecule has 0 N–H and O–H groups in total. The average Bonchev–Trinajstić information content (AvgIpc) is 2.64. The fraction of sp³-hybridized carbons (Fsp3) is 0.500. The molecule has 0 spiro atoms. The first-order valence-corrected chi connectivity index (χ1v) is 7.38. The summed E-state index contributed by atoms with van der Waals surface area (Å²) < 4.78 is 73.3. The van der Waals surface area contributed by atoms with Crippen molar-refractivity contribution in [3.63, 3.8) is 0 Å². The molecule has 1 aromatic heterocycles. The van der Waals surface area contributed by atoms with Crippen molar-refractivity contribution in [3.8, 4) is 0 Å².